The molecular formula is C14H9BrN2O4S. The van der Waals surface area contributed by atoms with Gasteiger partial charge in [0, 0.05) is 10.2 Å². The van der Waals surface area contributed by atoms with Gasteiger partial charge in [0.15, 0.2) is 0 Å². The number of rotatable bonds is 3. The Kier molecular flexibility index (Phi) is 3.50. The highest BCUT2D eigenvalue weighted by Gasteiger charge is 2.28. The van der Waals surface area contributed by atoms with Crippen molar-refractivity contribution >= 4 is 43.5 Å². The molecule has 0 bridgehead atoms. The topological polar surface area (TPSA) is 92.3 Å². The van der Waals surface area contributed by atoms with Gasteiger partial charge in [-0.25, -0.2) is 8.42 Å². The number of halogens is 1. The van der Waals surface area contributed by atoms with Crippen LogP contribution in [0.3, 0.4) is 0 Å². The Labute approximate surface area is 134 Å². The molecule has 0 aromatic heterocycles. The molecule has 2 aromatic carbocycles. The van der Waals surface area contributed by atoms with Crippen LogP contribution in [0, 0.1) is 0 Å². The van der Waals surface area contributed by atoms with Gasteiger partial charge in [-0.1, -0.05) is 15.9 Å². The molecule has 1 heterocycles. The summed E-state index contributed by atoms with van der Waals surface area (Å²) in [5.41, 5.74) is 0.625. The van der Waals surface area contributed by atoms with E-state index in [0.29, 0.717) is 5.69 Å². The maximum atomic E-state index is 12.3. The predicted molar refractivity (Wildman–Crippen MR) is 83.2 cm³/mol. The summed E-state index contributed by atoms with van der Waals surface area (Å²) >= 11 is 3.26. The molecule has 1 aliphatic rings. The number of hydrogen-bond donors (Lipinski definition) is 2. The van der Waals surface area contributed by atoms with Crippen LogP contribution in [0.15, 0.2) is 51.8 Å². The number of amides is 2. The molecule has 8 heteroatoms. The fraction of sp³-hybridized carbons (Fsp3) is 0. The summed E-state index contributed by atoms with van der Waals surface area (Å²) in [5, 5.41) is 2.12. The normalized spacial score (nSPS) is 13.7. The fourth-order valence-electron chi connectivity index (χ4n) is 2.05. The van der Waals surface area contributed by atoms with Gasteiger partial charge < -0.3 is 0 Å². The lowest BCUT2D eigenvalue weighted by Gasteiger charge is -2.08. The quantitative estimate of drug-likeness (QED) is 0.797. The van der Waals surface area contributed by atoms with Crippen LogP contribution < -0.4 is 10.0 Å². The highest BCUT2D eigenvalue weighted by Crippen LogP contribution is 2.23. The number of carbonyl (C=O) groups is 2. The summed E-state index contributed by atoms with van der Waals surface area (Å²) < 4.78 is 27.9. The van der Waals surface area contributed by atoms with Crippen LogP contribution in [0.4, 0.5) is 5.69 Å². The lowest BCUT2D eigenvalue weighted by molar-refractivity contribution is 0.0879. The maximum absolute atomic E-state index is 12.3. The third-order valence-electron chi connectivity index (χ3n) is 3.11. The first-order valence-electron chi connectivity index (χ1n) is 6.15. The molecule has 0 aliphatic carbocycles. The minimum absolute atomic E-state index is 0.0590. The average Bonchev–Trinajstić information content (AvgIpc) is 2.76. The van der Waals surface area contributed by atoms with E-state index >= 15 is 0 Å². The Balaban J connectivity index is 1.96. The second-order valence-electron chi connectivity index (χ2n) is 4.60. The highest BCUT2D eigenvalue weighted by atomic mass is 79.9. The SMILES string of the molecule is O=C1NC(=O)c2cc(S(=O)(=O)Nc3ccc(Br)cc3)ccc21. The molecule has 112 valence electrons. The number of nitrogens with one attached hydrogen (secondary N) is 2. The molecule has 0 unspecified atom stereocenters. The van der Waals surface area contributed by atoms with Gasteiger partial charge in [-0.3, -0.25) is 19.6 Å². The number of anilines is 1. The molecule has 0 fully saturated rings. The zero-order valence-corrected chi connectivity index (χ0v) is 13.4. The Bertz CT molecular complexity index is 892. The molecule has 2 amide bonds. The lowest BCUT2D eigenvalue weighted by Crippen LogP contribution is -2.19. The van der Waals surface area contributed by atoms with Crippen LogP contribution in [0.5, 0.6) is 0 Å². The molecule has 0 radical (unpaired) electrons. The van der Waals surface area contributed by atoms with Crippen LogP contribution in [0.25, 0.3) is 0 Å². The first-order valence-corrected chi connectivity index (χ1v) is 8.42. The van der Waals surface area contributed by atoms with E-state index < -0.39 is 21.8 Å². The van der Waals surface area contributed by atoms with Crippen molar-refractivity contribution in [2.24, 2.45) is 0 Å². The van der Waals surface area contributed by atoms with E-state index in [4.69, 9.17) is 0 Å². The third-order valence-corrected chi connectivity index (χ3v) is 5.02. The summed E-state index contributed by atoms with van der Waals surface area (Å²) in [6, 6.07) is 10.4. The first-order chi connectivity index (χ1) is 10.4. The van der Waals surface area contributed by atoms with Crippen LogP contribution in [0.2, 0.25) is 0 Å². The number of imide groups is 1. The van der Waals surface area contributed by atoms with Gasteiger partial charge in [0.05, 0.1) is 16.0 Å². The molecule has 0 atom stereocenters. The third kappa shape index (κ3) is 2.62. The summed E-state index contributed by atoms with van der Waals surface area (Å²) in [5.74, 6) is -1.12. The second kappa shape index (κ2) is 5.22. The lowest BCUT2D eigenvalue weighted by atomic mass is 10.1. The van der Waals surface area contributed by atoms with E-state index in [0.717, 1.165) is 4.47 Å². The van der Waals surface area contributed by atoms with Crippen LogP contribution >= 0.6 is 15.9 Å². The van der Waals surface area contributed by atoms with E-state index in [1.165, 1.54) is 18.2 Å². The Morgan fingerprint density at radius 3 is 2.23 bits per heavy atom. The highest BCUT2D eigenvalue weighted by molar-refractivity contribution is 9.10. The van der Waals surface area contributed by atoms with E-state index in [2.05, 4.69) is 26.0 Å². The minimum Gasteiger partial charge on any atom is -0.288 e. The summed E-state index contributed by atoms with van der Waals surface area (Å²) in [6.07, 6.45) is 0. The Morgan fingerprint density at radius 2 is 1.55 bits per heavy atom. The summed E-state index contributed by atoms with van der Waals surface area (Å²) in [4.78, 5) is 23.0. The van der Waals surface area contributed by atoms with Crippen molar-refractivity contribution in [1.29, 1.82) is 0 Å². The van der Waals surface area contributed by atoms with E-state index in [1.54, 1.807) is 24.3 Å². The zero-order valence-electron chi connectivity index (χ0n) is 11.0. The van der Waals surface area contributed by atoms with Crippen molar-refractivity contribution in [1.82, 2.24) is 5.32 Å². The standard InChI is InChI=1S/C14H9BrN2O4S/c15-8-1-3-9(4-2-8)17-22(20,21)10-5-6-11-12(7-10)14(19)16-13(11)18/h1-7,17H,(H,16,18,19). The fourth-order valence-corrected chi connectivity index (χ4v) is 3.39. The van der Waals surface area contributed by atoms with E-state index in [-0.39, 0.29) is 16.0 Å². The average molecular weight is 381 g/mol. The van der Waals surface area contributed by atoms with Gasteiger partial charge in [0.1, 0.15) is 0 Å². The van der Waals surface area contributed by atoms with Crippen LogP contribution in [0.1, 0.15) is 20.7 Å². The smallest absolute Gasteiger partial charge is 0.261 e. The van der Waals surface area contributed by atoms with Crippen molar-refractivity contribution in [3.05, 3.63) is 58.1 Å². The zero-order chi connectivity index (χ0) is 15.9. The predicted octanol–water partition coefficient (Wildman–Crippen LogP) is 2.13. The summed E-state index contributed by atoms with van der Waals surface area (Å²) in [7, 11) is -3.85. The van der Waals surface area contributed by atoms with E-state index in [9.17, 15) is 18.0 Å². The van der Waals surface area contributed by atoms with Crippen molar-refractivity contribution < 1.29 is 18.0 Å². The summed E-state index contributed by atoms with van der Waals surface area (Å²) in [6.45, 7) is 0. The molecular weight excluding hydrogens is 372 g/mol. The molecule has 22 heavy (non-hydrogen) atoms. The first kappa shape index (κ1) is 14.7. The molecule has 0 spiro atoms. The molecule has 0 saturated heterocycles. The van der Waals surface area contributed by atoms with E-state index in [1.807, 2.05) is 0 Å². The number of sulfonamides is 1. The van der Waals surface area contributed by atoms with Gasteiger partial charge in [0.25, 0.3) is 21.8 Å². The Morgan fingerprint density at radius 1 is 0.909 bits per heavy atom. The Hall–Kier alpha value is -2.19. The number of hydrogen-bond acceptors (Lipinski definition) is 4. The molecule has 0 saturated carbocycles. The largest absolute Gasteiger partial charge is 0.288 e. The second-order valence-corrected chi connectivity index (χ2v) is 7.20. The molecule has 1 aliphatic heterocycles. The van der Waals surface area contributed by atoms with Gasteiger partial charge in [-0.15, -0.1) is 0 Å². The van der Waals surface area contributed by atoms with Gasteiger partial charge in [-0.2, -0.15) is 0 Å². The van der Waals surface area contributed by atoms with Crippen LogP contribution in [-0.4, -0.2) is 20.2 Å². The molecule has 3 rings (SSSR count). The van der Waals surface area contributed by atoms with Crippen molar-refractivity contribution in [2.45, 2.75) is 4.90 Å². The maximum Gasteiger partial charge on any atom is 0.261 e. The number of benzene rings is 2. The number of fused-ring (bicyclic) bond motifs is 1. The van der Waals surface area contributed by atoms with Gasteiger partial charge in [0.2, 0.25) is 0 Å². The molecule has 2 N–H and O–H groups in total. The van der Waals surface area contributed by atoms with Crippen molar-refractivity contribution in [3.63, 3.8) is 0 Å². The van der Waals surface area contributed by atoms with Crippen molar-refractivity contribution in [2.75, 3.05) is 4.72 Å². The van der Waals surface area contributed by atoms with Gasteiger partial charge >= 0.3 is 0 Å². The number of carbonyl (C=O) groups excluding carboxylic acids is 2. The molecule has 6 nitrogen and oxygen atoms in total. The van der Waals surface area contributed by atoms with Gasteiger partial charge in [-0.05, 0) is 42.5 Å². The molecule has 2 aromatic rings. The van der Waals surface area contributed by atoms with Crippen LogP contribution in [-0.2, 0) is 10.0 Å². The monoisotopic (exact) mass is 380 g/mol. The minimum atomic E-state index is -3.85. The van der Waals surface area contributed by atoms with Crippen molar-refractivity contribution in [3.8, 4) is 0 Å².